The quantitative estimate of drug-likeness (QED) is 0.888. The number of hydrogen-bond acceptors (Lipinski definition) is 3. The van der Waals surface area contributed by atoms with E-state index < -0.39 is 0 Å². The number of anilines is 2. The number of hydrogen-bond donors (Lipinski definition) is 2. The van der Waals surface area contributed by atoms with Crippen LogP contribution in [-0.4, -0.2) is 24.5 Å². The molecule has 0 radical (unpaired) electrons. The van der Waals surface area contributed by atoms with Crippen molar-refractivity contribution < 1.29 is 14.3 Å². The summed E-state index contributed by atoms with van der Waals surface area (Å²) in [5, 5.41) is 5.98. The first-order chi connectivity index (χ1) is 11.6. The monoisotopic (exact) mass is 344 g/mol. The Bertz CT molecular complexity index is 740. The van der Waals surface area contributed by atoms with Crippen molar-refractivity contribution in [3.63, 3.8) is 0 Å². The minimum atomic E-state index is -0.371. The van der Waals surface area contributed by atoms with Gasteiger partial charge < -0.3 is 15.4 Å². The summed E-state index contributed by atoms with van der Waals surface area (Å²) in [5.74, 6) is -0.419. The van der Waals surface area contributed by atoms with Crippen LogP contribution in [0.2, 0.25) is 5.02 Å². The molecule has 0 aliphatic carbocycles. The maximum Gasteiger partial charge on any atom is 0.257 e. The second kappa shape index (κ2) is 7.47. The van der Waals surface area contributed by atoms with Gasteiger partial charge in [0.15, 0.2) is 0 Å². The molecule has 0 saturated carbocycles. The Balaban J connectivity index is 1.61. The Labute approximate surface area is 145 Å². The van der Waals surface area contributed by atoms with Crippen molar-refractivity contribution in [3.8, 4) is 0 Å². The molecule has 1 heterocycles. The minimum Gasteiger partial charge on any atom is -0.368 e. The Hall–Kier alpha value is -2.37. The zero-order valence-electron chi connectivity index (χ0n) is 12.9. The molecule has 124 valence electrons. The van der Waals surface area contributed by atoms with Gasteiger partial charge in [-0.1, -0.05) is 23.7 Å². The summed E-state index contributed by atoms with van der Waals surface area (Å²) >= 11 is 6.01. The fourth-order valence-electron chi connectivity index (χ4n) is 2.49. The summed E-state index contributed by atoms with van der Waals surface area (Å²) in [5.41, 5.74) is 1.69. The maximum absolute atomic E-state index is 12.2. The Morgan fingerprint density at radius 2 is 1.67 bits per heavy atom. The molecule has 1 fully saturated rings. The molecule has 1 atom stereocenters. The third kappa shape index (κ3) is 3.93. The molecule has 0 spiro atoms. The summed E-state index contributed by atoms with van der Waals surface area (Å²) in [4.78, 5) is 24.2. The lowest BCUT2D eigenvalue weighted by molar-refractivity contribution is -0.124. The molecule has 5 nitrogen and oxygen atoms in total. The van der Waals surface area contributed by atoms with E-state index in [0.29, 0.717) is 28.6 Å². The first-order valence-electron chi connectivity index (χ1n) is 7.72. The number of amides is 2. The highest BCUT2D eigenvalue weighted by molar-refractivity contribution is 6.34. The smallest absolute Gasteiger partial charge is 0.257 e. The van der Waals surface area contributed by atoms with Gasteiger partial charge in [0, 0.05) is 18.0 Å². The molecule has 2 aromatic rings. The van der Waals surface area contributed by atoms with Crippen molar-refractivity contribution in [3.05, 3.63) is 59.1 Å². The van der Waals surface area contributed by atoms with E-state index in [2.05, 4.69) is 10.6 Å². The van der Waals surface area contributed by atoms with Gasteiger partial charge in [0.25, 0.3) is 11.8 Å². The maximum atomic E-state index is 12.2. The van der Waals surface area contributed by atoms with Gasteiger partial charge in [0.05, 0.1) is 10.6 Å². The summed E-state index contributed by atoms with van der Waals surface area (Å²) in [6.07, 6.45) is 1.28. The molecule has 0 aromatic heterocycles. The first kappa shape index (κ1) is 16.5. The summed E-state index contributed by atoms with van der Waals surface area (Å²) in [6, 6.07) is 13.8. The van der Waals surface area contributed by atoms with Crippen molar-refractivity contribution in [2.24, 2.45) is 0 Å². The zero-order valence-corrected chi connectivity index (χ0v) is 13.7. The Morgan fingerprint density at radius 3 is 2.29 bits per heavy atom. The van der Waals surface area contributed by atoms with Gasteiger partial charge in [-0.15, -0.1) is 0 Å². The van der Waals surface area contributed by atoms with Crippen LogP contribution in [0.4, 0.5) is 11.4 Å². The average Bonchev–Trinajstić information content (AvgIpc) is 3.11. The lowest BCUT2D eigenvalue weighted by atomic mass is 10.2. The van der Waals surface area contributed by atoms with Crippen LogP contribution in [0.25, 0.3) is 0 Å². The van der Waals surface area contributed by atoms with Gasteiger partial charge in [0.2, 0.25) is 0 Å². The van der Waals surface area contributed by atoms with Crippen molar-refractivity contribution in [1.82, 2.24) is 0 Å². The standard InChI is InChI=1S/C18H17ClN2O3/c19-15-5-2-1-4-14(15)17(22)20-12-7-9-13(10-8-12)21-18(23)16-6-3-11-24-16/h1-2,4-5,7-10,16H,3,6,11H2,(H,20,22)(H,21,23)/t16-/m1/s1. The number of carbonyl (C=O) groups excluding carboxylic acids is 2. The van der Waals surface area contributed by atoms with E-state index in [-0.39, 0.29) is 17.9 Å². The molecule has 2 aromatic carbocycles. The van der Waals surface area contributed by atoms with Crippen LogP contribution in [-0.2, 0) is 9.53 Å². The molecule has 3 rings (SSSR count). The van der Waals surface area contributed by atoms with Crippen LogP contribution >= 0.6 is 11.6 Å². The summed E-state index contributed by atoms with van der Waals surface area (Å²) < 4.78 is 5.34. The van der Waals surface area contributed by atoms with Crippen LogP contribution < -0.4 is 10.6 Å². The van der Waals surface area contributed by atoms with Gasteiger partial charge in [-0.25, -0.2) is 0 Å². The molecular formula is C18H17ClN2O3. The lowest BCUT2D eigenvalue weighted by Gasteiger charge is -2.11. The fraction of sp³-hybridized carbons (Fsp3) is 0.222. The highest BCUT2D eigenvalue weighted by atomic mass is 35.5. The van der Waals surface area contributed by atoms with E-state index in [4.69, 9.17) is 16.3 Å². The van der Waals surface area contributed by atoms with Gasteiger partial charge in [-0.3, -0.25) is 9.59 Å². The second-order valence-electron chi connectivity index (χ2n) is 5.50. The number of benzene rings is 2. The van der Waals surface area contributed by atoms with Gasteiger partial charge in [-0.2, -0.15) is 0 Å². The molecule has 1 aliphatic heterocycles. The van der Waals surface area contributed by atoms with Gasteiger partial charge in [-0.05, 0) is 49.2 Å². The zero-order chi connectivity index (χ0) is 16.9. The third-order valence-corrected chi connectivity index (χ3v) is 4.08. The molecule has 2 N–H and O–H groups in total. The Kier molecular flexibility index (Phi) is 5.13. The topological polar surface area (TPSA) is 67.4 Å². The second-order valence-corrected chi connectivity index (χ2v) is 5.91. The van der Waals surface area contributed by atoms with Gasteiger partial charge in [0.1, 0.15) is 6.10 Å². The van der Waals surface area contributed by atoms with E-state index in [9.17, 15) is 9.59 Å². The van der Waals surface area contributed by atoms with Gasteiger partial charge >= 0.3 is 0 Å². The minimum absolute atomic E-state index is 0.139. The first-order valence-corrected chi connectivity index (χ1v) is 8.10. The number of rotatable bonds is 4. The van der Waals surface area contributed by atoms with Crippen LogP contribution in [0, 0.1) is 0 Å². The van der Waals surface area contributed by atoms with E-state index in [1.165, 1.54) is 0 Å². The predicted molar refractivity (Wildman–Crippen MR) is 93.5 cm³/mol. The van der Waals surface area contributed by atoms with Crippen molar-refractivity contribution in [1.29, 1.82) is 0 Å². The SMILES string of the molecule is O=C(Nc1ccc(NC(=O)[C@H]2CCCO2)cc1)c1ccccc1Cl. The molecule has 24 heavy (non-hydrogen) atoms. The van der Waals surface area contributed by atoms with Crippen LogP contribution in [0.1, 0.15) is 23.2 Å². The number of carbonyl (C=O) groups is 2. The molecule has 1 saturated heterocycles. The highest BCUT2D eigenvalue weighted by Gasteiger charge is 2.23. The number of halogens is 1. The summed E-state index contributed by atoms with van der Waals surface area (Å²) in [7, 11) is 0. The molecule has 0 unspecified atom stereocenters. The fourth-order valence-corrected chi connectivity index (χ4v) is 2.71. The van der Waals surface area contributed by atoms with E-state index in [1.807, 2.05) is 0 Å². The largest absolute Gasteiger partial charge is 0.368 e. The molecule has 2 amide bonds. The van der Waals surface area contributed by atoms with Crippen LogP contribution in [0.15, 0.2) is 48.5 Å². The van der Waals surface area contributed by atoms with Crippen LogP contribution in [0.3, 0.4) is 0 Å². The van der Waals surface area contributed by atoms with E-state index in [1.54, 1.807) is 48.5 Å². The number of ether oxygens (including phenoxy) is 1. The predicted octanol–water partition coefficient (Wildman–Crippen LogP) is 3.71. The summed E-state index contributed by atoms with van der Waals surface area (Å²) in [6.45, 7) is 0.630. The highest BCUT2D eigenvalue weighted by Crippen LogP contribution is 2.20. The Morgan fingerprint density at radius 1 is 1.00 bits per heavy atom. The molecular weight excluding hydrogens is 328 g/mol. The van der Waals surface area contributed by atoms with Crippen LogP contribution in [0.5, 0.6) is 0 Å². The van der Waals surface area contributed by atoms with Crippen molar-refractivity contribution >= 4 is 34.8 Å². The third-order valence-electron chi connectivity index (χ3n) is 3.75. The molecule has 0 bridgehead atoms. The lowest BCUT2D eigenvalue weighted by Crippen LogP contribution is -2.26. The molecule has 6 heteroatoms. The normalized spacial score (nSPS) is 16.6. The number of nitrogens with one attached hydrogen (secondary N) is 2. The van der Waals surface area contributed by atoms with Crippen molar-refractivity contribution in [2.75, 3.05) is 17.2 Å². The molecule has 1 aliphatic rings. The average molecular weight is 345 g/mol. The van der Waals surface area contributed by atoms with E-state index in [0.717, 1.165) is 12.8 Å². The van der Waals surface area contributed by atoms with E-state index >= 15 is 0 Å². The van der Waals surface area contributed by atoms with Crippen molar-refractivity contribution in [2.45, 2.75) is 18.9 Å².